The number of aliphatic hydroxyl groups is 2. The van der Waals surface area contributed by atoms with Crippen LogP contribution in [0.3, 0.4) is 0 Å². The number of hydrogen-bond acceptors (Lipinski definition) is 3. The van der Waals surface area contributed by atoms with E-state index in [0.29, 0.717) is 10.9 Å². The summed E-state index contributed by atoms with van der Waals surface area (Å²) in [6.07, 6.45) is 0.363. The van der Waals surface area contributed by atoms with Gasteiger partial charge in [-0.05, 0) is 24.6 Å². The highest BCUT2D eigenvalue weighted by molar-refractivity contribution is 9.10. The number of hydrogen-bond donors (Lipinski definition) is 3. The Morgan fingerprint density at radius 1 is 1.39 bits per heavy atom. The van der Waals surface area contributed by atoms with E-state index in [0.717, 1.165) is 6.07 Å². The number of benzene rings is 1. The van der Waals surface area contributed by atoms with Gasteiger partial charge in [0.2, 0.25) is 0 Å². The Balaban J connectivity index is 2.94. The fraction of sp³-hybridized carbons (Fsp3) is 0.417. The molecule has 0 spiro atoms. The molecule has 0 unspecified atom stereocenters. The highest BCUT2D eigenvalue weighted by atomic mass is 79.9. The Morgan fingerprint density at radius 3 is 2.44 bits per heavy atom. The second-order valence-electron chi connectivity index (χ2n) is 4.06. The van der Waals surface area contributed by atoms with E-state index < -0.39 is 17.3 Å². The standard InChI is InChI=1S/C12H15BrFNO3/c1-2-12(6-16,7-17)15-11(18)8-3-9(13)5-10(14)4-8/h3-5,16-17H,2,6-7H2,1H3,(H,15,18). The lowest BCUT2D eigenvalue weighted by atomic mass is 9.98. The quantitative estimate of drug-likeness (QED) is 0.769. The van der Waals surface area contributed by atoms with E-state index in [4.69, 9.17) is 0 Å². The van der Waals surface area contributed by atoms with E-state index >= 15 is 0 Å². The van der Waals surface area contributed by atoms with Crippen LogP contribution in [0.5, 0.6) is 0 Å². The molecule has 3 N–H and O–H groups in total. The predicted octanol–water partition coefficient (Wildman–Crippen LogP) is 1.45. The average Bonchev–Trinajstić information content (AvgIpc) is 2.35. The molecule has 0 aliphatic carbocycles. The summed E-state index contributed by atoms with van der Waals surface area (Å²) < 4.78 is 13.6. The number of carbonyl (C=O) groups is 1. The van der Waals surface area contributed by atoms with Gasteiger partial charge in [0.05, 0.1) is 18.8 Å². The number of rotatable bonds is 5. The van der Waals surface area contributed by atoms with Gasteiger partial charge in [0, 0.05) is 10.0 Å². The van der Waals surface area contributed by atoms with Crippen LogP contribution in [0.15, 0.2) is 22.7 Å². The molecule has 18 heavy (non-hydrogen) atoms. The van der Waals surface area contributed by atoms with E-state index in [1.807, 2.05) is 0 Å². The van der Waals surface area contributed by atoms with Crippen molar-refractivity contribution >= 4 is 21.8 Å². The number of aliphatic hydroxyl groups excluding tert-OH is 2. The zero-order valence-corrected chi connectivity index (χ0v) is 11.5. The maximum atomic E-state index is 13.2. The van der Waals surface area contributed by atoms with Crippen LogP contribution in [0.2, 0.25) is 0 Å². The van der Waals surface area contributed by atoms with Crippen LogP contribution in [-0.2, 0) is 0 Å². The maximum Gasteiger partial charge on any atom is 0.252 e. The predicted molar refractivity (Wildman–Crippen MR) is 68.8 cm³/mol. The molecule has 4 nitrogen and oxygen atoms in total. The molecule has 0 heterocycles. The summed E-state index contributed by atoms with van der Waals surface area (Å²) in [5.41, 5.74) is -0.961. The SMILES string of the molecule is CCC(CO)(CO)NC(=O)c1cc(F)cc(Br)c1. The Labute approximate surface area is 113 Å². The van der Waals surface area contributed by atoms with E-state index in [9.17, 15) is 19.4 Å². The first-order chi connectivity index (χ1) is 8.46. The summed E-state index contributed by atoms with van der Waals surface area (Å²) in [4.78, 5) is 11.9. The third-order valence-electron chi connectivity index (χ3n) is 2.79. The molecule has 1 aromatic carbocycles. The summed E-state index contributed by atoms with van der Waals surface area (Å²) in [6, 6.07) is 3.80. The van der Waals surface area contributed by atoms with Crippen molar-refractivity contribution in [3.63, 3.8) is 0 Å². The van der Waals surface area contributed by atoms with E-state index in [-0.39, 0.29) is 18.8 Å². The summed E-state index contributed by atoms with van der Waals surface area (Å²) in [6.45, 7) is 0.957. The average molecular weight is 320 g/mol. The molecule has 6 heteroatoms. The summed E-state index contributed by atoms with van der Waals surface area (Å²) in [7, 11) is 0. The molecule has 0 aliphatic rings. The molecule has 1 aromatic rings. The van der Waals surface area contributed by atoms with Crippen LogP contribution in [0.1, 0.15) is 23.7 Å². The second kappa shape index (κ2) is 6.26. The summed E-state index contributed by atoms with van der Waals surface area (Å²) >= 11 is 3.09. The molecule has 100 valence electrons. The van der Waals surface area contributed by atoms with E-state index in [2.05, 4.69) is 21.2 Å². The number of nitrogens with one attached hydrogen (secondary N) is 1. The largest absolute Gasteiger partial charge is 0.394 e. The summed E-state index contributed by atoms with van der Waals surface area (Å²) in [5, 5.41) is 21.0. The van der Waals surface area contributed by atoms with Crippen molar-refractivity contribution in [3.8, 4) is 0 Å². The van der Waals surface area contributed by atoms with Crippen molar-refractivity contribution in [2.45, 2.75) is 18.9 Å². The van der Waals surface area contributed by atoms with Crippen molar-refractivity contribution in [1.29, 1.82) is 0 Å². The topological polar surface area (TPSA) is 69.6 Å². The second-order valence-corrected chi connectivity index (χ2v) is 4.98. The van der Waals surface area contributed by atoms with E-state index in [1.165, 1.54) is 12.1 Å². The molecule has 1 amide bonds. The fourth-order valence-electron chi connectivity index (χ4n) is 1.44. The summed E-state index contributed by atoms with van der Waals surface area (Å²) in [5.74, 6) is -1.08. The zero-order chi connectivity index (χ0) is 13.8. The van der Waals surface area contributed by atoms with Crippen molar-refractivity contribution in [1.82, 2.24) is 5.32 Å². The van der Waals surface area contributed by atoms with Crippen molar-refractivity contribution in [2.75, 3.05) is 13.2 Å². The van der Waals surface area contributed by atoms with Gasteiger partial charge in [0.1, 0.15) is 5.82 Å². The maximum absolute atomic E-state index is 13.2. The minimum Gasteiger partial charge on any atom is -0.394 e. The van der Waals surface area contributed by atoms with E-state index in [1.54, 1.807) is 6.92 Å². The molecular formula is C12H15BrFNO3. The van der Waals surface area contributed by atoms with Gasteiger partial charge in [0.25, 0.3) is 5.91 Å². The molecule has 0 aromatic heterocycles. The Hall–Kier alpha value is -0.980. The molecule has 0 aliphatic heterocycles. The van der Waals surface area contributed by atoms with Crippen LogP contribution in [0, 0.1) is 5.82 Å². The Morgan fingerprint density at radius 2 is 2.00 bits per heavy atom. The molecule has 1 rings (SSSR count). The van der Waals surface area contributed by atoms with Gasteiger partial charge in [-0.15, -0.1) is 0 Å². The lowest BCUT2D eigenvalue weighted by Gasteiger charge is -2.29. The van der Waals surface area contributed by atoms with Crippen molar-refractivity contribution < 1.29 is 19.4 Å². The van der Waals surface area contributed by atoms with Gasteiger partial charge in [-0.1, -0.05) is 22.9 Å². The van der Waals surface area contributed by atoms with Crippen molar-refractivity contribution in [2.24, 2.45) is 0 Å². The first kappa shape index (κ1) is 15.1. The van der Waals surface area contributed by atoms with Crippen LogP contribution >= 0.6 is 15.9 Å². The molecule has 0 atom stereocenters. The Kier molecular flexibility index (Phi) is 5.25. The minimum atomic E-state index is -1.09. The number of halogens is 2. The normalized spacial score (nSPS) is 11.4. The van der Waals surface area contributed by atoms with Gasteiger partial charge < -0.3 is 15.5 Å². The van der Waals surface area contributed by atoms with Crippen LogP contribution in [-0.4, -0.2) is 34.9 Å². The molecule has 0 fully saturated rings. The van der Waals surface area contributed by atoms with Gasteiger partial charge >= 0.3 is 0 Å². The minimum absolute atomic E-state index is 0.126. The van der Waals surface area contributed by atoms with Crippen LogP contribution in [0.4, 0.5) is 4.39 Å². The smallest absolute Gasteiger partial charge is 0.252 e. The molecule has 0 saturated carbocycles. The molecule has 0 saturated heterocycles. The lowest BCUT2D eigenvalue weighted by molar-refractivity contribution is 0.0652. The third-order valence-corrected chi connectivity index (χ3v) is 3.24. The van der Waals surface area contributed by atoms with Crippen LogP contribution in [0.25, 0.3) is 0 Å². The third kappa shape index (κ3) is 3.51. The van der Waals surface area contributed by atoms with Crippen molar-refractivity contribution in [3.05, 3.63) is 34.1 Å². The molecule has 0 radical (unpaired) electrons. The number of amides is 1. The van der Waals surface area contributed by atoms with Crippen LogP contribution < -0.4 is 5.32 Å². The highest BCUT2D eigenvalue weighted by Gasteiger charge is 2.29. The van der Waals surface area contributed by atoms with Gasteiger partial charge in [-0.2, -0.15) is 0 Å². The Bertz CT molecular complexity index is 407. The van der Waals surface area contributed by atoms with Gasteiger partial charge in [-0.25, -0.2) is 4.39 Å². The zero-order valence-electron chi connectivity index (χ0n) is 9.91. The molecular weight excluding hydrogens is 305 g/mol. The number of carbonyl (C=O) groups excluding carboxylic acids is 1. The first-order valence-electron chi connectivity index (χ1n) is 5.46. The first-order valence-corrected chi connectivity index (χ1v) is 6.26. The lowest BCUT2D eigenvalue weighted by Crippen LogP contribution is -2.53. The van der Waals surface area contributed by atoms with Gasteiger partial charge in [0.15, 0.2) is 0 Å². The molecule has 0 bridgehead atoms. The van der Waals surface area contributed by atoms with Gasteiger partial charge in [-0.3, -0.25) is 4.79 Å². The highest BCUT2D eigenvalue weighted by Crippen LogP contribution is 2.16. The monoisotopic (exact) mass is 319 g/mol. The fourth-order valence-corrected chi connectivity index (χ4v) is 1.90.